The van der Waals surface area contributed by atoms with Crippen molar-refractivity contribution in [1.82, 2.24) is 9.97 Å². The molecule has 0 saturated carbocycles. The molecule has 104 valence electrons. The summed E-state index contributed by atoms with van der Waals surface area (Å²) in [7, 11) is 0. The summed E-state index contributed by atoms with van der Waals surface area (Å²) in [6.07, 6.45) is 0. The van der Waals surface area contributed by atoms with Crippen LogP contribution in [0, 0.1) is 5.82 Å². The average molecular weight is 281 g/mol. The first-order valence-electron chi connectivity index (χ1n) is 6.63. The van der Waals surface area contributed by atoms with Crippen molar-refractivity contribution in [2.24, 2.45) is 0 Å². The smallest absolute Gasteiger partial charge is 0.162 e. The number of fused-ring (bicyclic) bond motifs is 2. The van der Waals surface area contributed by atoms with Crippen molar-refractivity contribution in [3.63, 3.8) is 0 Å². The first-order chi connectivity index (χ1) is 10.2. The minimum absolute atomic E-state index is 0.284. The number of anilines is 1. The Morgan fingerprint density at radius 3 is 2.76 bits per heavy atom. The molecule has 1 aliphatic heterocycles. The van der Waals surface area contributed by atoms with Gasteiger partial charge in [0, 0.05) is 10.9 Å². The molecule has 4 rings (SSSR count). The highest BCUT2D eigenvalue weighted by Crippen LogP contribution is 2.27. The van der Waals surface area contributed by atoms with Crippen LogP contribution in [0.1, 0.15) is 11.1 Å². The number of nitrogens with two attached hydrogens (primary N) is 1. The average Bonchev–Trinajstić information content (AvgIpc) is 2.95. The minimum atomic E-state index is -0.347. The molecule has 0 fully saturated rings. The van der Waals surface area contributed by atoms with E-state index in [9.17, 15) is 4.39 Å². The Labute approximate surface area is 120 Å². The van der Waals surface area contributed by atoms with E-state index in [4.69, 9.17) is 10.5 Å². The Kier molecular flexibility index (Phi) is 2.62. The Balaban J connectivity index is 1.89. The zero-order chi connectivity index (χ0) is 14.4. The third-order valence-corrected chi connectivity index (χ3v) is 3.67. The Hall–Kier alpha value is -2.53. The predicted octanol–water partition coefficient (Wildman–Crippen LogP) is 3.05. The molecule has 1 aliphatic rings. The minimum Gasteiger partial charge on any atom is -0.383 e. The van der Waals surface area contributed by atoms with Gasteiger partial charge in [-0.15, -0.1) is 0 Å². The van der Waals surface area contributed by atoms with E-state index < -0.39 is 0 Å². The fourth-order valence-electron chi connectivity index (χ4n) is 2.56. The summed E-state index contributed by atoms with van der Waals surface area (Å²) >= 11 is 0. The molecule has 21 heavy (non-hydrogen) atoms. The second-order valence-corrected chi connectivity index (χ2v) is 5.07. The quantitative estimate of drug-likeness (QED) is 0.744. The molecule has 0 saturated heterocycles. The lowest BCUT2D eigenvalue weighted by Crippen LogP contribution is -1.98. The van der Waals surface area contributed by atoms with Gasteiger partial charge in [-0.2, -0.15) is 0 Å². The lowest BCUT2D eigenvalue weighted by molar-refractivity contribution is 0.134. The van der Waals surface area contributed by atoms with Crippen LogP contribution in [0.3, 0.4) is 0 Å². The lowest BCUT2D eigenvalue weighted by Gasteiger charge is -2.07. The third-order valence-electron chi connectivity index (χ3n) is 3.67. The van der Waals surface area contributed by atoms with E-state index in [-0.39, 0.29) is 11.6 Å². The second kappa shape index (κ2) is 4.49. The molecule has 4 nitrogen and oxygen atoms in total. The van der Waals surface area contributed by atoms with E-state index in [1.807, 2.05) is 18.2 Å². The maximum absolute atomic E-state index is 13.3. The number of nitrogen functional groups attached to an aromatic ring is 1. The standard InChI is InChI=1S/C16H12FN3O/c17-12-3-4-14-13(6-12)15(18)20-16(19-14)9-1-2-10-7-21-8-11(10)5-9/h1-6H,7-8H2,(H2,18,19,20). The van der Waals surface area contributed by atoms with Crippen LogP contribution in [-0.2, 0) is 18.0 Å². The van der Waals surface area contributed by atoms with Crippen LogP contribution in [-0.4, -0.2) is 9.97 Å². The molecule has 2 N–H and O–H groups in total. The summed E-state index contributed by atoms with van der Waals surface area (Å²) in [5.74, 6) is 0.479. The summed E-state index contributed by atoms with van der Waals surface area (Å²) in [6, 6.07) is 10.3. The Morgan fingerprint density at radius 1 is 1.00 bits per heavy atom. The van der Waals surface area contributed by atoms with Gasteiger partial charge in [0.25, 0.3) is 0 Å². The van der Waals surface area contributed by atoms with Crippen LogP contribution in [0.2, 0.25) is 0 Å². The van der Waals surface area contributed by atoms with Crippen molar-refractivity contribution < 1.29 is 9.13 Å². The van der Waals surface area contributed by atoms with Crippen LogP contribution >= 0.6 is 0 Å². The van der Waals surface area contributed by atoms with E-state index in [1.54, 1.807) is 6.07 Å². The van der Waals surface area contributed by atoms with Gasteiger partial charge >= 0.3 is 0 Å². The summed E-state index contributed by atoms with van der Waals surface area (Å²) < 4.78 is 18.7. The van der Waals surface area contributed by atoms with Crippen molar-refractivity contribution in [2.45, 2.75) is 13.2 Å². The van der Waals surface area contributed by atoms with E-state index in [1.165, 1.54) is 17.7 Å². The number of rotatable bonds is 1. The van der Waals surface area contributed by atoms with Gasteiger partial charge in [-0.25, -0.2) is 14.4 Å². The number of hydrogen-bond donors (Lipinski definition) is 1. The van der Waals surface area contributed by atoms with E-state index in [0.29, 0.717) is 29.9 Å². The number of benzene rings is 2. The van der Waals surface area contributed by atoms with Crippen LogP contribution in [0.25, 0.3) is 22.3 Å². The molecule has 0 atom stereocenters. The van der Waals surface area contributed by atoms with Crippen LogP contribution < -0.4 is 5.73 Å². The zero-order valence-corrected chi connectivity index (χ0v) is 11.1. The molecule has 0 aliphatic carbocycles. The van der Waals surface area contributed by atoms with E-state index >= 15 is 0 Å². The van der Waals surface area contributed by atoms with Gasteiger partial charge in [-0.05, 0) is 35.4 Å². The van der Waals surface area contributed by atoms with Crippen LogP contribution in [0.4, 0.5) is 10.2 Å². The van der Waals surface area contributed by atoms with Crippen molar-refractivity contribution in [2.75, 3.05) is 5.73 Å². The zero-order valence-electron chi connectivity index (χ0n) is 11.1. The van der Waals surface area contributed by atoms with Crippen molar-refractivity contribution in [1.29, 1.82) is 0 Å². The number of hydrogen-bond acceptors (Lipinski definition) is 4. The highest BCUT2D eigenvalue weighted by atomic mass is 19.1. The van der Waals surface area contributed by atoms with Gasteiger partial charge in [-0.1, -0.05) is 12.1 Å². The van der Waals surface area contributed by atoms with Gasteiger partial charge in [0.05, 0.1) is 18.7 Å². The Bertz CT molecular complexity index is 864. The van der Waals surface area contributed by atoms with Crippen molar-refractivity contribution in [3.8, 4) is 11.4 Å². The fourth-order valence-corrected chi connectivity index (χ4v) is 2.56. The van der Waals surface area contributed by atoms with E-state index in [2.05, 4.69) is 9.97 Å². The molecular weight excluding hydrogens is 269 g/mol. The van der Waals surface area contributed by atoms with Gasteiger partial charge in [0.2, 0.25) is 0 Å². The third kappa shape index (κ3) is 2.02. The normalized spacial score (nSPS) is 13.6. The monoisotopic (exact) mass is 281 g/mol. The summed E-state index contributed by atoms with van der Waals surface area (Å²) in [5, 5.41) is 0.531. The fraction of sp³-hybridized carbons (Fsp3) is 0.125. The van der Waals surface area contributed by atoms with Crippen molar-refractivity contribution >= 4 is 16.7 Å². The number of aromatic nitrogens is 2. The van der Waals surface area contributed by atoms with E-state index in [0.717, 1.165) is 11.1 Å². The molecule has 5 heteroatoms. The van der Waals surface area contributed by atoms with Crippen LogP contribution in [0.15, 0.2) is 36.4 Å². The molecule has 0 bridgehead atoms. The highest BCUT2D eigenvalue weighted by molar-refractivity contribution is 5.89. The second-order valence-electron chi connectivity index (χ2n) is 5.07. The molecule has 0 amide bonds. The molecule has 0 radical (unpaired) electrons. The summed E-state index contributed by atoms with van der Waals surface area (Å²) in [6.45, 7) is 1.26. The summed E-state index contributed by atoms with van der Waals surface area (Å²) in [4.78, 5) is 8.77. The van der Waals surface area contributed by atoms with Gasteiger partial charge in [0.15, 0.2) is 5.82 Å². The molecule has 0 spiro atoms. The SMILES string of the molecule is Nc1nc(-c2ccc3c(c2)COC3)nc2ccc(F)cc12. The molecule has 0 unspecified atom stereocenters. The van der Waals surface area contributed by atoms with Crippen LogP contribution in [0.5, 0.6) is 0 Å². The molecule has 2 aromatic carbocycles. The number of nitrogens with zero attached hydrogens (tertiary/aromatic N) is 2. The highest BCUT2D eigenvalue weighted by Gasteiger charge is 2.14. The topological polar surface area (TPSA) is 61.0 Å². The first-order valence-corrected chi connectivity index (χ1v) is 6.63. The number of halogens is 1. The predicted molar refractivity (Wildman–Crippen MR) is 77.8 cm³/mol. The maximum Gasteiger partial charge on any atom is 0.162 e. The first kappa shape index (κ1) is 12.2. The molecular formula is C16H12FN3O. The molecule has 2 heterocycles. The lowest BCUT2D eigenvalue weighted by atomic mass is 10.1. The number of ether oxygens (including phenoxy) is 1. The van der Waals surface area contributed by atoms with Crippen molar-refractivity contribution in [3.05, 3.63) is 53.3 Å². The largest absolute Gasteiger partial charge is 0.383 e. The molecule has 1 aromatic heterocycles. The van der Waals surface area contributed by atoms with Gasteiger partial charge in [-0.3, -0.25) is 0 Å². The molecule has 3 aromatic rings. The van der Waals surface area contributed by atoms with Gasteiger partial charge < -0.3 is 10.5 Å². The maximum atomic E-state index is 13.3. The summed E-state index contributed by atoms with van der Waals surface area (Å²) in [5.41, 5.74) is 9.79. The van der Waals surface area contributed by atoms with Gasteiger partial charge in [0.1, 0.15) is 11.6 Å². The Morgan fingerprint density at radius 2 is 1.86 bits per heavy atom.